The number of aliphatic hydroxyl groups excluding tert-OH is 4. The van der Waals surface area contributed by atoms with Crippen LogP contribution < -0.4 is 11.1 Å². The van der Waals surface area contributed by atoms with Gasteiger partial charge in [-0.25, -0.2) is 0 Å². The van der Waals surface area contributed by atoms with Crippen LogP contribution in [0.15, 0.2) is 36.4 Å². The molecule has 2 aromatic rings. The summed E-state index contributed by atoms with van der Waals surface area (Å²) >= 11 is 0. The van der Waals surface area contributed by atoms with Gasteiger partial charge in [0.2, 0.25) is 5.91 Å². The molecule has 0 aliphatic carbocycles. The van der Waals surface area contributed by atoms with E-state index < -0.39 is 42.5 Å². The Morgan fingerprint density at radius 3 is 2.27 bits per heavy atom. The summed E-state index contributed by atoms with van der Waals surface area (Å²) in [6.45, 7) is 14.8. The summed E-state index contributed by atoms with van der Waals surface area (Å²) in [7, 11) is 0. The van der Waals surface area contributed by atoms with Gasteiger partial charge in [-0.05, 0) is 84.9 Å². The highest BCUT2D eigenvalue weighted by molar-refractivity contribution is 5.80. The molecule has 1 fully saturated rings. The largest absolute Gasteiger partial charge is 0.508 e. The molecule has 1 saturated heterocycles. The molecule has 1 heterocycles. The maximum Gasteiger partial charge on any atom is 0.224 e. The number of phenols is 1. The van der Waals surface area contributed by atoms with Gasteiger partial charge in [0.05, 0.1) is 12.0 Å². The fourth-order valence-corrected chi connectivity index (χ4v) is 5.47. The Balaban J connectivity index is 1.84. The summed E-state index contributed by atoms with van der Waals surface area (Å²) in [5.74, 6) is -0.0662. The van der Waals surface area contributed by atoms with Gasteiger partial charge in [0.1, 0.15) is 36.3 Å². The van der Waals surface area contributed by atoms with Gasteiger partial charge >= 0.3 is 0 Å². The molecule has 0 spiro atoms. The number of primary amides is 1. The number of ether oxygens (including phenoxy) is 1. The number of carbonyl (C=O) groups excluding carboxylic acids is 1. The van der Waals surface area contributed by atoms with Gasteiger partial charge in [0.15, 0.2) is 0 Å². The van der Waals surface area contributed by atoms with Gasteiger partial charge in [-0.15, -0.1) is 0 Å². The average molecular weight is 613 g/mol. The number of phenolic OH excluding ortho intramolecular Hbond substituents is 1. The maximum absolute atomic E-state index is 11.6. The second-order valence-electron chi connectivity index (χ2n) is 14.1. The van der Waals surface area contributed by atoms with Gasteiger partial charge in [-0.1, -0.05) is 58.0 Å². The third-order valence-electron chi connectivity index (χ3n) is 8.46. The van der Waals surface area contributed by atoms with Crippen molar-refractivity contribution in [2.24, 2.45) is 22.5 Å². The van der Waals surface area contributed by atoms with Gasteiger partial charge in [0.25, 0.3) is 0 Å². The molecule has 3 rings (SSSR count). The Labute approximate surface area is 261 Å². The standard InChI is InChI=1S/C35H52N2O7/c1-20(2)12-24-16-27(39)26(32-31(42)30(41)29(40)28(17-38)44-32)15-25(24)14-23-9-8-22(13-21(23)3)10-11-34(4,5)18-37-19-35(6,7)33(36)43/h8-11,13,15-16,20,28-32,37-42H,12,14,17-19H2,1-7H3,(H2,36,43)/b11-10+/t28?,29-,30+,31-,32+/m1/s1. The smallest absolute Gasteiger partial charge is 0.224 e. The zero-order valence-corrected chi connectivity index (χ0v) is 27.2. The van der Waals surface area contributed by atoms with Gasteiger partial charge < -0.3 is 41.3 Å². The van der Waals surface area contributed by atoms with Crippen molar-refractivity contribution in [2.75, 3.05) is 19.7 Å². The van der Waals surface area contributed by atoms with Crippen LogP contribution in [0.25, 0.3) is 6.08 Å². The number of hydrogen-bond acceptors (Lipinski definition) is 8. The molecule has 1 unspecified atom stereocenters. The Hall–Kier alpha value is -2.79. The lowest BCUT2D eigenvalue weighted by atomic mass is 9.86. The molecule has 44 heavy (non-hydrogen) atoms. The molecule has 2 aromatic carbocycles. The van der Waals surface area contributed by atoms with Gasteiger partial charge in [-0.2, -0.15) is 0 Å². The van der Waals surface area contributed by atoms with Crippen molar-refractivity contribution in [1.82, 2.24) is 5.32 Å². The number of aryl methyl sites for hydroxylation is 1. The van der Waals surface area contributed by atoms with Crippen LogP contribution in [0.5, 0.6) is 5.75 Å². The van der Waals surface area contributed by atoms with Crippen molar-refractivity contribution in [3.05, 3.63) is 69.8 Å². The predicted octanol–water partition coefficient (Wildman–Crippen LogP) is 3.15. The highest BCUT2D eigenvalue weighted by Gasteiger charge is 2.45. The topological polar surface area (TPSA) is 166 Å². The van der Waals surface area contributed by atoms with Gasteiger partial charge in [0, 0.05) is 18.7 Å². The normalized spacial score (nSPS) is 23.0. The number of carbonyl (C=O) groups is 1. The summed E-state index contributed by atoms with van der Waals surface area (Å²) in [5, 5.41) is 55.3. The van der Waals surface area contributed by atoms with Crippen molar-refractivity contribution >= 4 is 12.0 Å². The number of hydrogen-bond donors (Lipinski definition) is 7. The van der Waals surface area contributed by atoms with E-state index in [1.807, 2.05) is 19.9 Å². The number of nitrogens with one attached hydrogen (secondary N) is 1. The SMILES string of the molecule is Cc1cc(/C=C/C(C)(C)CNCC(C)(C)C(N)=O)ccc1Cc1cc([C@@H]2OC(CO)[C@@H](O)[C@H](O)[C@H]2O)c(O)cc1CC(C)C. The van der Waals surface area contributed by atoms with Crippen molar-refractivity contribution < 1.29 is 35.1 Å². The highest BCUT2D eigenvalue weighted by atomic mass is 16.5. The van der Waals surface area contributed by atoms with Gasteiger partial charge in [-0.3, -0.25) is 4.79 Å². The van der Waals surface area contributed by atoms with Crippen LogP contribution in [0.3, 0.4) is 0 Å². The first-order chi connectivity index (χ1) is 20.5. The molecular weight excluding hydrogens is 560 g/mol. The number of aromatic hydroxyl groups is 1. The van der Waals surface area contributed by atoms with E-state index in [9.17, 15) is 30.3 Å². The van der Waals surface area contributed by atoms with E-state index in [1.165, 1.54) is 0 Å². The number of aliphatic hydroxyl groups is 4. The molecule has 9 nitrogen and oxygen atoms in total. The molecular formula is C35H52N2O7. The van der Waals surface area contributed by atoms with Crippen LogP contribution in [-0.4, -0.2) is 75.6 Å². The van der Waals surface area contributed by atoms with Crippen molar-refractivity contribution in [3.63, 3.8) is 0 Å². The average Bonchev–Trinajstić information content (AvgIpc) is 2.93. The van der Waals surface area contributed by atoms with Crippen molar-refractivity contribution in [3.8, 4) is 5.75 Å². The van der Waals surface area contributed by atoms with Crippen LogP contribution in [-0.2, 0) is 22.4 Å². The maximum atomic E-state index is 11.6. The Bertz CT molecular complexity index is 1320. The number of amides is 1. The number of nitrogens with two attached hydrogens (primary N) is 1. The molecule has 0 aromatic heterocycles. The third-order valence-corrected chi connectivity index (χ3v) is 8.46. The number of benzene rings is 2. The second-order valence-corrected chi connectivity index (χ2v) is 14.1. The lowest BCUT2D eigenvalue weighted by molar-refractivity contribution is -0.232. The zero-order valence-electron chi connectivity index (χ0n) is 27.2. The fraction of sp³-hybridized carbons (Fsp3) is 0.571. The molecule has 1 aliphatic heterocycles. The monoisotopic (exact) mass is 612 g/mol. The summed E-state index contributed by atoms with van der Waals surface area (Å²) in [6, 6.07) is 9.79. The summed E-state index contributed by atoms with van der Waals surface area (Å²) < 4.78 is 5.77. The quantitative estimate of drug-likeness (QED) is 0.181. The van der Waals surface area contributed by atoms with Crippen molar-refractivity contribution in [2.45, 2.75) is 91.8 Å². The predicted molar refractivity (Wildman–Crippen MR) is 172 cm³/mol. The van der Waals surface area contributed by atoms with E-state index in [2.05, 4.69) is 70.3 Å². The highest BCUT2D eigenvalue weighted by Crippen LogP contribution is 2.39. The zero-order chi connectivity index (χ0) is 33.0. The molecule has 244 valence electrons. The first kappa shape index (κ1) is 35.7. The minimum atomic E-state index is -1.53. The van der Waals surface area contributed by atoms with E-state index in [0.717, 1.165) is 34.2 Å². The number of rotatable bonds is 13. The first-order valence-electron chi connectivity index (χ1n) is 15.4. The van der Waals surface area contributed by atoms with Crippen molar-refractivity contribution in [1.29, 1.82) is 0 Å². The Kier molecular flexibility index (Phi) is 11.8. The van der Waals surface area contributed by atoms with E-state index in [0.29, 0.717) is 31.0 Å². The molecule has 0 saturated carbocycles. The Morgan fingerprint density at radius 2 is 1.68 bits per heavy atom. The molecule has 9 heteroatoms. The van der Waals surface area contributed by atoms with Crippen LogP contribution >= 0.6 is 0 Å². The second kappa shape index (κ2) is 14.5. The summed E-state index contributed by atoms with van der Waals surface area (Å²) in [4.78, 5) is 11.6. The minimum absolute atomic E-state index is 0.0683. The molecule has 0 bridgehead atoms. The van der Waals surface area contributed by atoms with E-state index >= 15 is 0 Å². The van der Waals surface area contributed by atoms with Crippen LogP contribution in [0.1, 0.15) is 81.0 Å². The molecule has 0 radical (unpaired) electrons. The van der Waals surface area contributed by atoms with Crippen LogP contribution in [0, 0.1) is 23.7 Å². The third kappa shape index (κ3) is 8.90. The van der Waals surface area contributed by atoms with E-state index in [4.69, 9.17) is 10.5 Å². The van der Waals surface area contributed by atoms with E-state index in [1.54, 1.807) is 6.07 Å². The van der Waals surface area contributed by atoms with Crippen LogP contribution in [0.4, 0.5) is 0 Å². The summed E-state index contributed by atoms with van der Waals surface area (Å²) in [6.07, 6.45) is -1.12. The minimum Gasteiger partial charge on any atom is -0.508 e. The fourth-order valence-electron chi connectivity index (χ4n) is 5.47. The first-order valence-corrected chi connectivity index (χ1v) is 15.4. The molecule has 5 atom stereocenters. The van der Waals surface area contributed by atoms with Crippen LogP contribution in [0.2, 0.25) is 0 Å². The lowest BCUT2D eigenvalue weighted by Gasteiger charge is -2.40. The Morgan fingerprint density at radius 1 is 1.00 bits per heavy atom. The lowest BCUT2D eigenvalue weighted by Crippen LogP contribution is -2.55. The molecule has 1 aliphatic rings. The summed E-state index contributed by atoms with van der Waals surface area (Å²) in [5.41, 5.74) is 10.2. The van der Waals surface area contributed by atoms with E-state index in [-0.39, 0.29) is 17.1 Å². The molecule has 1 amide bonds. The molecule has 8 N–H and O–H groups in total.